The van der Waals surface area contributed by atoms with Crippen molar-refractivity contribution >= 4 is 21.4 Å². The van der Waals surface area contributed by atoms with Crippen LogP contribution >= 0.6 is 0 Å². The molecule has 0 spiro atoms. The Morgan fingerprint density at radius 3 is 2.28 bits per heavy atom. The van der Waals surface area contributed by atoms with E-state index >= 15 is 0 Å². The summed E-state index contributed by atoms with van der Waals surface area (Å²) in [5.74, 6) is -0.897. The van der Waals surface area contributed by atoms with E-state index in [1.54, 1.807) is 19.1 Å². The first-order valence-corrected chi connectivity index (χ1v) is 7.26. The first-order valence-electron chi connectivity index (χ1n) is 5.61. The Balaban J connectivity index is 3.04. The van der Waals surface area contributed by atoms with E-state index in [-0.39, 0.29) is 10.6 Å². The third-order valence-corrected chi connectivity index (χ3v) is 4.42. The quantitative estimate of drug-likeness (QED) is 0.832. The number of carboxylic acids is 1. The lowest BCUT2D eigenvalue weighted by Gasteiger charge is -2.05. The maximum atomic E-state index is 11.8. The van der Waals surface area contributed by atoms with Gasteiger partial charge in [-0.3, -0.25) is 0 Å². The zero-order valence-corrected chi connectivity index (χ0v) is 11.2. The lowest BCUT2D eigenvalue weighted by Crippen LogP contribution is -2.05. The van der Waals surface area contributed by atoms with E-state index in [9.17, 15) is 13.2 Å². The fourth-order valence-corrected chi connectivity index (χ4v) is 2.90. The lowest BCUT2D eigenvalue weighted by molar-refractivity contribution is -0.131. The molecule has 1 aromatic carbocycles. The Bertz CT molecular complexity index is 553. The standard InChI is InChI=1S/C13H16O4S/c1-3-8-18(16,17)12-6-4-11(5-7-12)10(2)9-13(14)15/h4-7,9H,3,8H2,1-2H3,(H,14,15)/b10-9+. The number of hydrogen-bond donors (Lipinski definition) is 1. The highest BCUT2D eigenvalue weighted by molar-refractivity contribution is 7.91. The van der Waals surface area contributed by atoms with Crippen molar-refractivity contribution in [3.05, 3.63) is 35.9 Å². The maximum absolute atomic E-state index is 11.8. The molecule has 18 heavy (non-hydrogen) atoms. The van der Waals surface area contributed by atoms with E-state index in [0.29, 0.717) is 17.6 Å². The first-order chi connectivity index (χ1) is 8.36. The number of carbonyl (C=O) groups is 1. The molecule has 0 aromatic heterocycles. The topological polar surface area (TPSA) is 71.4 Å². The van der Waals surface area contributed by atoms with Crippen LogP contribution < -0.4 is 0 Å². The molecule has 0 saturated heterocycles. The van der Waals surface area contributed by atoms with Crippen molar-refractivity contribution < 1.29 is 18.3 Å². The van der Waals surface area contributed by atoms with E-state index in [0.717, 1.165) is 6.08 Å². The van der Waals surface area contributed by atoms with E-state index < -0.39 is 15.8 Å². The van der Waals surface area contributed by atoms with Crippen LogP contribution in [0.2, 0.25) is 0 Å². The zero-order valence-electron chi connectivity index (χ0n) is 10.4. The summed E-state index contributed by atoms with van der Waals surface area (Å²) >= 11 is 0. The van der Waals surface area contributed by atoms with Crippen LogP contribution in [0, 0.1) is 0 Å². The van der Waals surface area contributed by atoms with Crippen molar-refractivity contribution in [1.29, 1.82) is 0 Å². The third kappa shape index (κ3) is 3.70. The molecule has 0 saturated carbocycles. The van der Waals surface area contributed by atoms with E-state index in [1.165, 1.54) is 12.1 Å². The van der Waals surface area contributed by atoms with Crippen LogP contribution in [0.25, 0.3) is 5.57 Å². The number of allylic oxidation sites excluding steroid dienone is 1. The summed E-state index contributed by atoms with van der Waals surface area (Å²) in [6.45, 7) is 3.48. The monoisotopic (exact) mass is 268 g/mol. The molecule has 0 aliphatic heterocycles. The number of aliphatic carboxylic acids is 1. The molecule has 0 aliphatic rings. The molecule has 1 aromatic rings. The smallest absolute Gasteiger partial charge is 0.328 e. The van der Waals surface area contributed by atoms with Crippen molar-refractivity contribution in [1.82, 2.24) is 0 Å². The van der Waals surface area contributed by atoms with Crippen LogP contribution in [0.1, 0.15) is 25.8 Å². The van der Waals surface area contributed by atoms with Gasteiger partial charge < -0.3 is 5.11 Å². The molecule has 0 heterocycles. The number of carboxylic acid groups (broad SMARTS) is 1. The summed E-state index contributed by atoms with van der Waals surface area (Å²) in [6.07, 6.45) is 1.66. The molecule has 5 heteroatoms. The Kier molecular flexibility index (Phi) is 4.67. The average molecular weight is 268 g/mol. The normalized spacial score (nSPS) is 12.4. The summed E-state index contributed by atoms with van der Waals surface area (Å²) in [6, 6.07) is 6.27. The molecule has 0 aliphatic carbocycles. The van der Waals surface area contributed by atoms with Gasteiger partial charge in [0, 0.05) is 6.08 Å². The van der Waals surface area contributed by atoms with Gasteiger partial charge in [-0.15, -0.1) is 0 Å². The molecule has 0 fully saturated rings. The van der Waals surface area contributed by atoms with Crippen molar-refractivity contribution in [2.45, 2.75) is 25.2 Å². The lowest BCUT2D eigenvalue weighted by atomic mass is 10.1. The van der Waals surface area contributed by atoms with Crippen LogP contribution in [0.4, 0.5) is 0 Å². The van der Waals surface area contributed by atoms with Gasteiger partial charge in [0.25, 0.3) is 0 Å². The Labute approximate surface area is 107 Å². The second-order valence-corrected chi connectivity index (χ2v) is 6.12. The van der Waals surface area contributed by atoms with Gasteiger partial charge in [-0.05, 0) is 36.6 Å². The molecule has 0 amide bonds. The van der Waals surface area contributed by atoms with Crippen molar-refractivity contribution in [3.63, 3.8) is 0 Å². The molecule has 0 atom stereocenters. The number of hydrogen-bond acceptors (Lipinski definition) is 3. The van der Waals surface area contributed by atoms with E-state index in [1.807, 2.05) is 6.92 Å². The van der Waals surface area contributed by atoms with Gasteiger partial charge >= 0.3 is 5.97 Å². The van der Waals surface area contributed by atoms with E-state index in [2.05, 4.69) is 0 Å². The SMILES string of the molecule is CCCS(=O)(=O)c1ccc(/C(C)=C/C(=O)O)cc1. The summed E-state index contributed by atoms with van der Waals surface area (Å²) in [5.41, 5.74) is 1.29. The summed E-state index contributed by atoms with van der Waals surface area (Å²) < 4.78 is 23.6. The van der Waals surface area contributed by atoms with Gasteiger partial charge in [-0.25, -0.2) is 13.2 Å². The number of benzene rings is 1. The Morgan fingerprint density at radius 1 is 1.28 bits per heavy atom. The molecular formula is C13H16O4S. The minimum Gasteiger partial charge on any atom is -0.478 e. The molecule has 0 radical (unpaired) electrons. The number of sulfone groups is 1. The van der Waals surface area contributed by atoms with Crippen LogP contribution in [0.5, 0.6) is 0 Å². The molecule has 0 bridgehead atoms. The second-order valence-electron chi connectivity index (χ2n) is 4.01. The predicted molar refractivity (Wildman–Crippen MR) is 70.1 cm³/mol. The van der Waals surface area contributed by atoms with Crippen LogP contribution in [-0.2, 0) is 14.6 Å². The van der Waals surface area contributed by atoms with Gasteiger partial charge in [-0.2, -0.15) is 0 Å². The molecule has 1 rings (SSSR count). The molecular weight excluding hydrogens is 252 g/mol. The summed E-state index contributed by atoms with van der Waals surface area (Å²) in [7, 11) is -3.21. The minimum absolute atomic E-state index is 0.121. The third-order valence-electron chi connectivity index (χ3n) is 2.48. The van der Waals surface area contributed by atoms with Gasteiger partial charge in [0.1, 0.15) is 0 Å². The van der Waals surface area contributed by atoms with Crippen molar-refractivity contribution in [2.75, 3.05) is 5.75 Å². The van der Waals surface area contributed by atoms with Crippen LogP contribution in [0.15, 0.2) is 35.2 Å². The first kappa shape index (κ1) is 14.4. The van der Waals surface area contributed by atoms with Gasteiger partial charge in [-0.1, -0.05) is 19.1 Å². The molecule has 0 unspecified atom stereocenters. The highest BCUT2D eigenvalue weighted by atomic mass is 32.2. The molecule has 1 N–H and O–H groups in total. The van der Waals surface area contributed by atoms with Crippen LogP contribution in [0.3, 0.4) is 0 Å². The maximum Gasteiger partial charge on any atom is 0.328 e. The Morgan fingerprint density at radius 2 is 1.83 bits per heavy atom. The van der Waals surface area contributed by atoms with E-state index in [4.69, 9.17) is 5.11 Å². The summed E-state index contributed by atoms with van der Waals surface area (Å²) in [4.78, 5) is 10.8. The zero-order chi connectivity index (χ0) is 13.8. The van der Waals surface area contributed by atoms with Crippen molar-refractivity contribution in [3.8, 4) is 0 Å². The molecule has 98 valence electrons. The molecule has 4 nitrogen and oxygen atoms in total. The van der Waals surface area contributed by atoms with Crippen LogP contribution in [-0.4, -0.2) is 25.2 Å². The van der Waals surface area contributed by atoms with Gasteiger partial charge in [0.15, 0.2) is 9.84 Å². The van der Waals surface area contributed by atoms with Crippen molar-refractivity contribution in [2.24, 2.45) is 0 Å². The Hall–Kier alpha value is -1.62. The average Bonchev–Trinajstić information content (AvgIpc) is 2.28. The van der Waals surface area contributed by atoms with Gasteiger partial charge in [0.2, 0.25) is 0 Å². The fraction of sp³-hybridized carbons (Fsp3) is 0.308. The van der Waals surface area contributed by atoms with Gasteiger partial charge in [0.05, 0.1) is 10.6 Å². The highest BCUT2D eigenvalue weighted by Gasteiger charge is 2.12. The second kappa shape index (κ2) is 5.82. The number of rotatable bonds is 5. The fourth-order valence-electron chi connectivity index (χ4n) is 1.58. The summed E-state index contributed by atoms with van der Waals surface area (Å²) in [5, 5.41) is 8.63. The largest absolute Gasteiger partial charge is 0.478 e. The minimum atomic E-state index is -3.21. The predicted octanol–water partition coefficient (Wildman–Crippen LogP) is 2.36. The highest BCUT2D eigenvalue weighted by Crippen LogP contribution is 2.18.